The Balaban J connectivity index is 1.65. The van der Waals surface area contributed by atoms with Gasteiger partial charge in [0.15, 0.2) is 23.0 Å². The Morgan fingerprint density at radius 2 is 0.932 bits per heavy atom. The van der Waals surface area contributed by atoms with Crippen molar-refractivity contribution in [1.82, 2.24) is 10.6 Å². The number of hydrogen-bond acceptors (Lipinski definition) is 12. The Bertz CT molecular complexity index is 1200. The molecule has 0 bridgehead atoms. The zero-order valence-electron chi connectivity index (χ0n) is 23.6. The number of carbonyl (C=O) groups excluding carboxylic acids is 2. The molecule has 0 aromatic heterocycles. The molecule has 0 saturated carbocycles. The van der Waals surface area contributed by atoms with E-state index in [9.17, 15) is 29.4 Å². The van der Waals surface area contributed by atoms with Gasteiger partial charge in [-0.1, -0.05) is 0 Å². The summed E-state index contributed by atoms with van der Waals surface area (Å²) in [6.45, 7) is 1.19. The average molecular weight is 655 g/mol. The minimum atomic E-state index is -1.21. The van der Waals surface area contributed by atoms with Crippen LogP contribution in [0.3, 0.4) is 0 Å². The summed E-state index contributed by atoms with van der Waals surface area (Å²) < 4.78 is 34.3. The predicted octanol–water partition coefficient (Wildman–Crippen LogP) is 1.17. The van der Waals surface area contributed by atoms with Crippen LogP contribution in [-0.4, -0.2) is 110 Å². The van der Waals surface area contributed by atoms with Gasteiger partial charge in [-0.3, -0.25) is 9.59 Å². The maximum atomic E-state index is 12.6. The number of ether oxygens (including phenoxy) is 6. The molecule has 0 fully saturated rings. The number of carboxylic acid groups (broad SMARTS) is 2. The van der Waals surface area contributed by atoms with Crippen molar-refractivity contribution in [3.8, 4) is 23.0 Å². The van der Waals surface area contributed by atoms with E-state index in [0.717, 1.165) is 0 Å². The third-order valence-corrected chi connectivity index (χ3v) is 6.66. The van der Waals surface area contributed by atoms with Crippen molar-refractivity contribution >= 4 is 49.0 Å². The van der Waals surface area contributed by atoms with Crippen LogP contribution in [0.2, 0.25) is 0 Å². The smallest absolute Gasteiger partial charge is 0.327 e. The van der Waals surface area contributed by atoms with Gasteiger partial charge >= 0.3 is 11.9 Å². The van der Waals surface area contributed by atoms with Gasteiger partial charge in [0.05, 0.1) is 26.4 Å². The van der Waals surface area contributed by atoms with Crippen molar-refractivity contribution in [2.45, 2.75) is 12.1 Å². The first-order valence-corrected chi connectivity index (χ1v) is 14.7. The first-order valence-electron chi connectivity index (χ1n) is 13.5. The number of nitrogens with one attached hydrogen (secondary N) is 2. The number of carbonyl (C=O) groups is 4. The average Bonchev–Trinajstić information content (AvgIpc) is 3.01. The number of thiol groups is 2. The van der Waals surface area contributed by atoms with E-state index in [1.165, 1.54) is 24.3 Å². The molecule has 0 unspecified atom stereocenters. The third-order valence-electron chi connectivity index (χ3n) is 5.92. The fraction of sp³-hybridized carbons (Fsp3) is 0.429. The monoisotopic (exact) mass is 654 g/mol. The van der Waals surface area contributed by atoms with Gasteiger partial charge in [-0.25, -0.2) is 9.59 Å². The molecule has 2 aromatic carbocycles. The van der Waals surface area contributed by atoms with Gasteiger partial charge in [0.1, 0.15) is 38.5 Å². The summed E-state index contributed by atoms with van der Waals surface area (Å²) >= 11 is 7.92. The van der Waals surface area contributed by atoms with Crippen molar-refractivity contribution in [3.63, 3.8) is 0 Å². The van der Waals surface area contributed by atoms with Crippen LogP contribution in [0.25, 0.3) is 0 Å². The van der Waals surface area contributed by atoms with Gasteiger partial charge in [0.25, 0.3) is 11.8 Å². The van der Waals surface area contributed by atoms with E-state index < -0.39 is 35.8 Å². The fourth-order valence-electron chi connectivity index (χ4n) is 3.66. The topological polar surface area (TPSA) is 188 Å². The Hall–Kier alpha value is -3.86. The Morgan fingerprint density at radius 3 is 1.25 bits per heavy atom. The Kier molecular flexibility index (Phi) is 14.2. The highest BCUT2D eigenvalue weighted by atomic mass is 32.1. The van der Waals surface area contributed by atoms with Crippen molar-refractivity contribution in [2.75, 3.05) is 64.4 Å². The van der Waals surface area contributed by atoms with Crippen LogP contribution in [0.1, 0.15) is 20.7 Å². The van der Waals surface area contributed by atoms with Crippen LogP contribution in [0, 0.1) is 0 Å². The number of hydrogen-bond donors (Lipinski definition) is 6. The molecule has 0 aliphatic carbocycles. The van der Waals surface area contributed by atoms with Gasteiger partial charge < -0.3 is 49.3 Å². The highest BCUT2D eigenvalue weighted by molar-refractivity contribution is 7.80. The summed E-state index contributed by atoms with van der Waals surface area (Å²) in [5, 5.41) is 23.2. The lowest BCUT2D eigenvalue weighted by molar-refractivity contribution is -0.139. The second kappa shape index (κ2) is 18.1. The second-order valence-corrected chi connectivity index (χ2v) is 9.77. The van der Waals surface area contributed by atoms with Crippen molar-refractivity contribution in [3.05, 3.63) is 47.5 Å². The van der Waals surface area contributed by atoms with Crippen LogP contribution in [-0.2, 0) is 19.1 Å². The minimum Gasteiger partial charge on any atom is -0.487 e. The van der Waals surface area contributed by atoms with Crippen molar-refractivity contribution in [1.29, 1.82) is 0 Å². The maximum absolute atomic E-state index is 12.6. The zero-order chi connectivity index (χ0) is 31.9. The molecule has 2 atom stereocenters. The molecule has 3 rings (SSSR count). The SMILES string of the molecule is O=C(N[C@@H](CS)C(=O)O)c1ccc2c(c1)OCCOCCOc1cc(C(=O)N[C@H](CS)C(=O)O)ccc1OCCOCCO2. The normalized spacial score (nSPS) is 15.9. The van der Waals surface area contributed by atoms with Gasteiger partial charge in [0, 0.05) is 22.6 Å². The van der Waals surface area contributed by atoms with Gasteiger partial charge in [-0.05, 0) is 36.4 Å². The lowest BCUT2D eigenvalue weighted by Crippen LogP contribution is -2.42. The molecule has 240 valence electrons. The van der Waals surface area contributed by atoms with E-state index in [2.05, 4.69) is 35.9 Å². The number of fused-ring (bicyclic) bond motifs is 2. The van der Waals surface area contributed by atoms with Crippen LogP contribution in [0.4, 0.5) is 0 Å². The lowest BCUT2D eigenvalue weighted by atomic mass is 10.1. The molecular formula is C28H34N2O12S2. The fourth-order valence-corrected chi connectivity index (χ4v) is 4.16. The Labute approximate surface area is 264 Å². The number of amides is 2. The minimum absolute atomic E-state index is 0.0799. The number of carboxylic acids is 2. The van der Waals surface area contributed by atoms with Crippen molar-refractivity contribution in [2.24, 2.45) is 0 Å². The van der Waals surface area contributed by atoms with E-state index in [1.807, 2.05) is 0 Å². The quantitative estimate of drug-likeness (QED) is 0.224. The summed E-state index contributed by atoms with van der Waals surface area (Å²) in [4.78, 5) is 47.7. The van der Waals surface area contributed by atoms with E-state index in [0.29, 0.717) is 11.5 Å². The number of rotatable bonds is 8. The molecule has 16 heteroatoms. The molecule has 14 nitrogen and oxygen atoms in total. The first kappa shape index (κ1) is 34.6. The molecule has 4 N–H and O–H groups in total. The van der Waals surface area contributed by atoms with Gasteiger partial charge in [-0.2, -0.15) is 25.3 Å². The summed E-state index contributed by atoms with van der Waals surface area (Å²) in [6.07, 6.45) is 0. The molecule has 1 heterocycles. The summed E-state index contributed by atoms with van der Waals surface area (Å²) in [5.74, 6) is -2.58. The molecule has 0 spiro atoms. The molecule has 0 saturated heterocycles. The van der Waals surface area contributed by atoms with E-state index in [1.54, 1.807) is 12.1 Å². The highest BCUT2D eigenvalue weighted by Gasteiger charge is 2.22. The summed E-state index contributed by atoms with van der Waals surface area (Å²) in [5.41, 5.74) is 0.335. The third kappa shape index (κ3) is 10.7. The summed E-state index contributed by atoms with van der Waals surface area (Å²) in [7, 11) is 0. The Morgan fingerprint density at radius 1 is 0.591 bits per heavy atom. The van der Waals surface area contributed by atoms with Crippen LogP contribution in [0.15, 0.2) is 36.4 Å². The van der Waals surface area contributed by atoms with Crippen molar-refractivity contribution < 1.29 is 57.8 Å². The maximum Gasteiger partial charge on any atom is 0.327 e. The number of benzene rings is 2. The first-order chi connectivity index (χ1) is 21.2. The predicted molar refractivity (Wildman–Crippen MR) is 162 cm³/mol. The largest absolute Gasteiger partial charge is 0.487 e. The summed E-state index contributed by atoms with van der Waals surface area (Å²) in [6, 6.07) is 6.63. The van der Waals surface area contributed by atoms with Crippen LogP contribution < -0.4 is 29.6 Å². The van der Waals surface area contributed by atoms with Gasteiger partial charge in [0.2, 0.25) is 0 Å². The van der Waals surface area contributed by atoms with Crippen LogP contribution >= 0.6 is 25.3 Å². The molecule has 44 heavy (non-hydrogen) atoms. The highest BCUT2D eigenvalue weighted by Crippen LogP contribution is 2.30. The van der Waals surface area contributed by atoms with E-state index in [-0.39, 0.29) is 87.0 Å². The van der Waals surface area contributed by atoms with Gasteiger partial charge in [-0.15, -0.1) is 0 Å². The standard InChI is InChI=1S/C28H34N2O12S2/c31-25(29-19(15-43)27(33)34)17-1-3-21-23(13-17)41-11-7-38-8-12-42-24-14-18(26(32)30-20(16-44)28(35)36)2-4-22(24)40-10-6-37-5-9-39-21/h1-4,13-14,19-20,43-44H,5-12,15-16H2,(H,29,31)(H,30,32)(H,33,34)(H,35,36)/t19-,20+. The molecule has 1 aliphatic rings. The molecule has 2 amide bonds. The van der Waals surface area contributed by atoms with E-state index in [4.69, 9.17) is 28.4 Å². The van der Waals surface area contributed by atoms with Crippen LogP contribution in [0.5, 0.6) is 23.0 Å². The second-order valence-electron chi connectivity index (χ2n) is 9.04. The molecule has 2 aromatic rings. The molecule has 0 radical (unpaired) electrons. The number of aliphatic carboxylic acids is 2. The molecule has 1 aliphatic heterocycles. The van der Waals surface area contributed by atoms with E-state index >= 15 is 0 Å². The zero-order valence-corrected chi connectivity index (χ0v) is 25.4. The molecular weight excluding hydrogens is 620 g/mol. The lowest BCUT2D eigenvalue weighted by Gasteiger charge is -2.17.